The van der Waals surface area contributed by atoms with E-state index in [1.165, 1.54) is 0 Å². The minimum absolute atomic E-state index is 0.269. The number of ether oxygens (including phenoxy) is 3. The quantitative estimate of drug-likeness (QED) is 0.577. The fourth-order valence-electron chi connectivity index (χ4n) is 4.13. The molecule has 2 aromatic carbocycles. The molecule has 0 saturated carbocycles. The summed E-state index contributed by atoms with van der Waals surface area (Å²) in [6.07, 6.45) is 0. The van der Waals surface area contributed by atoms with Crippen LogP contribution in [-0.4, -0.2) is 30.5 Å². The van der Waals surface area contributed by atoms with Crippen LogP contribution in [0.25, 0.3) is 0 Å². The Kier molecular flexibility index (Phi) is 5.04. The maximum absolute atomic E-state index is 13.1. The highest BCUT2D eigenvalue weighted by molar-refractivity contribution is 7.80. The van der Waals surface area contributed by atoms with Crippen LogP contribution >= 0.6 is 23.8 Å². The number of nitrogens with zero attached hydrogens (tertiary/aromatic N) is 1. The molecule has 0 spiro atoms. The van der Waals surface area contributed by atoms with Gasteiger partial charge in [0, 0.05) is 16.3 Å². The number of halogens is 1. The number of carbonyl (C=O) groups is 1. The standard InChI is InChI=1S/C21H21ClN2O4S/c1-4-27-19(25)16-17-14-9-6-10-15(26-3)18(14)28-21(16,2)24(20(29)23-17)13-8-5-7-12(22)11-13/h5-11,16-17H,4H2,1-3H3,(H,23,29)/t16-,17-,21+/m1/s1. The first kappa shape index (κ1) is 19.8. The number of thiocarbonyl (C=S) groups is 1. The van der Waals surface area contributed by atoms with Crippen molar-refractivity contribution in [3.8, 4) is 11.5 Å². The molecule has 0 radical (unpaired) electrons. The molecule has 6 nitrogen and oxygen atoms in total. The summed E-state index contributed by atoms with van der Waals surface area (Å²) >= 11 is 11.9. The van der Waals surface area contributed by atoms with Gasteiger partial charge in [0.1, 0.15) is 5.92 Å². The minimum Gasteiger partial charge on any atom is -0.493 e. The Balaban J connectivity index is 1.92. The van der Waals surface area contributed by atoms with Gasteiger partial charge in [-0.05, 0) is 50.3 Å². The maximum Gasteiger partial charge on any atom is 0.317 e. The van der Waals surface area contributed by atoms with Gasteiger partial charge in [0.15, 0.2) is 16.6 Å². The lowest BCUT2D eigenvalue weighted by Gasteiger charge is -2.55. The van der Waals surface area contributed by atoms with E-state index in [0.29, 0.717) is 27.3 Å². The Bertz CT molecular complexity index is 985. The molecule has 3 atom stereocenters. The normalized spacial score (nSPS) is 24.8. The molecular formula is C21H21ClN2O4S. The molecular weight excluding hydrogens is 412 g/mol. The summed E-state index contributed by atoms with van der Waals surface area (Å²) < 4.78 is 17.4. The molecule has 0 unspecified atom stereocenters. The molecule has 0 aliphatic carbocycles. The number of anilines is 1. The van der Waals surface area contributed by atoms with E-state index in [2.05, 4.69) is 5.32 Å². The monoisotopic (exact) mass is 432 g/mol. The SMILES string of the molecule is CCOC(=O)[C@H]1[C@@H]2NC(=S)N(c3cccc(Cl)c3)[C@@]1(C)Oc1c(OC)cccc12. The van der Waals surface area contributed by atoms with Gasteiger partial charge >= 0.3 is 5.97 Å². The van der Waals surface area contributed by atoms with Gasteiger partial charge in [-0.15, -0.1) is 0 Å². The number of methoxy groups -OCH3 is 1. The van der Waals surface area contributed by atoms with E-state index in [4.69, 9.17) is 38.0 Å². The van der Waals surface area contributed by atoms with E-state index in [1.54, 1.807) is 31.1 Å². The van der Waals surface area contributed by atoms with E-state index in [9.17, 15) is 4.79 Å². The van der Waals surface area contributed by atoms with E-state index in [0.717, 1.165) is 5.56 Å². The van der Waals surface area contributed by atoms with Gasteiger partial charge in [-0.25, -0.2) is 0 Å². The molecule has 4 rings (SSSR count). The Labute approximate surface area is 179 Å². The Morgan fingerprint density at radius 1 is 1.34 bits per heavy atom. The first-order valence-corrected chi connectivity index (χ1v) is 10.1. The topological polar surface area (TPSA) is 60.0 Å². The van der Waals surface area contributed by atoms with E-state index >= 15 is 0 Å². The van der Waals surface area contributed by atoms with Crippen LogP contribution in [0.3, 0.4) is 0 Å². The number of para-hydroxylation sites is 1. The maximum atomic E-state index is 13.1. The fraction of sp³-hybridized carbons (Fsp3) is 0.333. The molecule has 8 heteroatoms. The molecule has 2 aliphatic rings. The average Bonchev–Trinajstić information content (AvgIpc) is 2.67. The number of rotatable bonds is 4. The van der Waals surface area contributed by atoms with Gasteiger partial charge in [0.05, 0.1) is 19.8 Å². The third-order valence-corrected chi connectivity index (χ3v) is 5.85. The largest absolute Gasteiger partial charge is 0.493 e. The molecule has 1 fully saturated rings. The molecule has 0 aromatic heterocycles. The second-order valence-corrected chi connectivity index (χ2v) is 7.83. The zero-order chi connectivity index (χ0) is 20.8. The van der Waals surface area contributed by atoms with E-state index in [1.807, 2.05) is 37.3 Å². The fourth-order valence-corrected chi connectivity index (χ4v) is 4.73. The van der Waals surface area contributed by atoms with Gasteiger partial charge < -0.3 is 19.5 Å². The number of benzene rings is 2. The van der Waals surface area contributed by atoms with Crippen molar-refractivity contribution in [1.82, 2.24) is 5.32 Å². The highest BCUT2D eigenvalue weighted by Gasteiger charge is 2.60. The lowest BCUT2D eigenvalue weighted by molar-refractivity contribution is -0.159. The van der Waals surface area contributed by atoms with Gasteiger partial charge in [0.2, 0.25) is 5.72 Å². The first-order chi connectivity index (χ1) is 13.9. The molecule has 2 heterocycles. The molecule has 2 aliphatic heterocycles. The van der Waals surface area contributed by atoms with Crippen LogP contribution in [0.2, 0.25) is 5.02 Å². The van der Waals surface area contributed by atoms with Crippen molar-refractivity contribution in [1.29, 1.82) is 0 Å². The van der Waals surface area contributed by atoms with Crippen LogP contribution in [-0.2, 0) is 9.53 Å². The van der Waals surface area contributed by atoms with Crippen molar-refractivity contribution in [2.45, 2.75) is 25.6 Å². The summed E-state index contributed by atoms with van der Waals surface area (Å²) in [6.45, 7) is 3.89. The number of nitrogens with one attached hydrogen (secondary N) is 1. The predicted octanol–water partition coefficient (Wildman–Crippen LogP) is 4.07. The summed E-state index contributed by atoms with van der Waals surface area (Å²) in [7, 11) is 1.58. The first-order valence-electron chi connectivity index (χ1n) is 9.29. The van der Waals surface area contributed by atoms with Gasteiger partial charge in [-0.3, -0.25) is 9.69 Å². The molecule has 1 saturated heterocycles. The number of hydrogen-bond donors (Lipinski definition) is 1. The third-order valence-electron chi connectivity index (χ3n) is 5.32. The number of carbonyl (C=O) groups excluding carboxylic acids is 1. The average molecular weight is 433 g/mol. The summed E-state index contributed by atoms with van der Waals surface area (Å²) in [4.78, 5) is 14.8. The van der Waals surface area contributed by atoms with E-state index in [-0.39, 0.29) is 12.6 Å². The number of esters is 1. The predicted molar refractivity (Wildman–Crippen MR) is 115 cm³/mol. The van der Waals surface area contributed by atoms with Crippen LogP contribution in [0.15, 0.2) is 42.5 Å². The second kappa shape index (κ2) is 7.39. The van der Waals surface area contributed by atoms with Gasteiger partial charge in [-0.2, -0.15) is 0 Å². The highest BCUT2D eigenvalue weighted by atomic mass is 35.5. The Morgan fingerprint density at radius 3 is 2.79 bits per heavy atom. The summed E-state index contributed by atoms with van der Waals surface area (Å²) in [6, 6.07) is 12.4. The highest BCUT2D eigenvalue weighted by Crippen LogP contribution is 2.52. The number of fused-ring (bicyclic) bond motifs is 4. The molecule has 152 valence electrons. The van der Waals surface area contributed by atoms with Crippen LogP contribution in [0.1, 0.15) is 25.5 Å². The van der Waals surface area contributed by atoms with Crippen LogP contribution < -0.4 is 19.7 Å². The molecule has 0 amide bonds. The van der Waals surface area contributed by atoms with Crippen molar-refractivity contribution in [2.24, 2.45) is 5.92 Å². The van der Waals surface area contributed by atoms with Gasteiger partial charge in [-0.1, -0.05) is 29.8 Å². The lowest BCUT2D eigenvalue weighted by Crippen LogP contribution is -2.71. The van der Waals surface area contributed by atoms with Crippen LogP contribution in [0, 0.1) is 5.92 Å². The van der Waals surface area contributed by atoms with E-state index < -0.39 is 17.7 Å². The Hall–Kier alpha value is -2.51. The van der Waals surface area contributed by atoms with Crippen LogP contribution in [0.5, 0.6) is 11.5 Å². The zero-order valence-corrected chi connectivity index (χ0v) is 17.8. The second-order valence-electron chi connectivity index (χ2n) is 7.01. The van der Waals surface area contributed by atoms with Crippen LogP contribution in [0.4, 0.5) is 5.69 Å². The molecule has 1 N–H and O–H groups in total. The Morgan fingerprint density at radius 2 is 2.10 bits per heavy atom. The molecule has 2 bridgehead atoms. The summed E-state index contributed by atoms with van der Waals surface area (Å²) in [5.74, 6) is 0.120. The lowest BCUT2D eigenvalue weighted by atomic mass is 9.79. The van der Waals surface area contributed by atoms with Crippen molar-refractivity contribution in [3.05, 3.63) is 53.1 Å². The van der Waals surface area contributed by atoms with Crippen molar-refractivity contribution in [3.63, 3.8) is 0 Å². The minimum atomic E-state index is -1.15. The van der Waals surface area contributed by atoms with Crippen molar-refractivity contribution >= 4 is 40.6 Å². The summed E-state index contributed by atoms with van der Waals surface area (Å²) in [5.41, 5.74) is 0.363. The summed E-state index contributed by atoms with van der Waals surface area (Å²) in [5, 5.41) is 4.31. The molecule has 2 aromatic rings. The smallest absolute Gasteiger partial charge is 0.317 e. The number of hydrogen-bond acceptors (Lipinski definition) is 5. The zero-order valence-electron chi connectivity index (χ0n) is 16.3. The van der Waals surface area contributed by atoms with Gasteiger partial charge in [0.25, 0.3) is 0 Å². The van der Waals surface area contributed by atoms with Crippen molar-refractivity contribution in [2.75, 3.05) is 18.6 Å². The third kappa shape index (κ3) is 3.09. The van der Waals surface area contributed by atoms with Crippen molar-refractivity contribution < 1.29 is 19.0 Å². The molecule has 29 heavy (non-hydrogen) atoms.